The number of piperidine rings is 1. The molecule has 1 unspecified atom stereocenters. The lowest BCUT2D eigenvalue weighted by Crippen LogP contribution is -2.40. The average Bonchev–Trinajstić information content (AvgIpc) is 3.42. The van der Waals surface area contributed by atoms with Crippen molar-refractivity contribution >= 4 is 12.0 Å². The Kier molecular flexibility index (Phi) is 8.31. The van der Waals surface area contributed by atoms with Gasteiger partial charge in [-0.15, -0.1) is 0 Å². The second-order valence-corrected chi connectivity index (χ2v) is 9.54. The van der Waals surface area contributed by atoms with Crippen molar-refractivity contribution in [3.8, 4) is 22.7 Å². The van der Waals surface area contributed by atoms with Gasteiger partial charge in [0, 0.05) is 29.9 Å². The third-order valence-electron chi connectivity index (χ3n) is 7.03. The predicted molar refractivity (Wildman–Crippen MR) is 152 cm³/mol. The number of rotatable bonds is 9. The van der Waals surface area contributed by atoms with Gasteiger partial charge in [0.15, 0.2) is 0 Å². The van der Waals surface area contributed by atoms with Crippen LogP contribution in [0, 0.1) is 0 Å². The average molecular weight is 507 g/mol. The fraction of sp³-hybridized carbons (Fsp3) is 0.250. The van der Waals surface area contributed by atoms with Gasteiger partial charge in [-0.2, -0.15) is 5.10 Å². The topological polar surface area (TPSA) is 59.4 Å². The Labute approximate surface area is 224 Å². The Morgan fingerprint density at radius 2 is 1.63 bits per heavy atom. The van der Waals surface area contributed by atoms with Gasteiger partial charge in [-0.05, 0) is 61.8 Å². The van der Waals surface area contributed by atoms with E-state index in [4.69, 9.17) is 9.84 Å². The molecule has 194 valence electrons. The molecule has 5 rings (SSSR count). The number of amides is 1. The van der Waals surface area contributed by atoms with Crippen LogP contribution in [-0.4, -0.2) is 47.3 Å². The molecule has 1 aliphatic rings. The third kappa shape index (κ3) is 6.21. The molecule has 0 bridgehead atoms. The van der Waals surface area contributed by atoms with E-state index in [1.54, 1.807) is 13.2 Å². The lowest BCUT2D eigenvalue weighted by Gasteiger charge is -2.35. The zero-order valence-electron chi connectivity index (χ0n) is 21.8. The highest BCUT2D eigenvalue weighted by Gasteiger charge is 2.22. The van der Waals surface area contributed by atoms with Gasteiger partial charge in [-0.25, -0.2) is 4.68 Å². The summed E-state index contributed by atoms with van der Waals surface area (Å²) in [6, 6.07) is 28.4. The van der Waals surface area contributed by atoms with E-state index in [2.05, 4.69) is 22.3 Å². The molecule has 0 spiro atoms. The Bertz CT molecular complexity index is 1340. The number of hydrogen-bond acceptors (Lipinski definition) is 4. The second kappa shape index (κ2) is 12.4. The molecule has 0 radical (unpaired) electrons. The van der Waals surface area contributed by atoms with Crippen molar-refractivity contribution in [3.63, 3.8) is 0 Å². The van der Waals surface area contributed by atoms with Gasteiger partial charge in [0.05, 0.1) is 24.5 Å². The van der Waals surface area contributed by atoms with Gasteiger partial charge in [-0.3, -0.25) is 9.69 Å². The molecular formula is C32H34N4O2. The summed E-state index contributed by atoms with van der Waals surface area (Å²) in [7, 11) is 1.68. The molecule has 4 aromatic rings. The van der Waals surface area contributed by atoms with E-state index >= 15 is 0 Å². The van der Waals surface area contributed by atoms with Crippen LogP contribution in [-0.2, 0) is 4.79 Å². The van der Waals surface area contributed by atoms with Gasteiger partial charge in [0.1, 0.15) is 5.75 Å². The van der Waals surface area contributed by atoms with Gasteiger partial charge in [0.2, 0.25) is 5.91 Å². The van der Waals surface area contributed by atoms with Crippen LogP contribution in [0.4, 0.5) is 0 Å². The summed E-state index contributed by atoms with van der Waals surface area (Å²) in [6.07, 6.45) is 9.08. The lowest BCUT2D eigenvalue weighted by molar-refractivity contribution is -0.116. The molecule has 6 nitrogen and oxygen atoms in total. The van der Waals surface area contributed by atoms with E-state index in [-0.39, 0.29) is 11.9 Å². The molecule has 3 aromatic carbocycles. The number of carbonyl (C=O) groups is 1. The van der Waals surface area contributed by atoms with E-state index in [9.17, 15) is 4.79 Å². The van der Waals surface area contributed by atoms with Crippen molar-refractivity contribution in [1.82, 2.24) is 20.0 Å². The smallest absolute Gasteiger partial charge is 0.244 e. The van der Waals surface area contributed by atoms with Gasteiger partial charge < -0.3 is 10.1 Å². The zero-order chi connectivity index (χ0) is 26.2. The molecule has 1 N–H and O–H groups in total. The summed E-state index contributed by atoms with van der Waals surface area (Å²) in [4.78, 5) is 15.5. The maximum absolute atomic E-state index is 13.0. The van der Waals surface area contributed by atoms with Gasteiger partial charge in [0.25, 0.3) is 0 Å². The summed E-state index contributed by atoms with van der Waals surface area (Å²) < 4.78 is 7.20. The second-order valence-electron chi connectivity index (χ2n) is 9.54. The van der Waals surface area contributed by atoms with Crippen molar-refractivity contribution in [3.05, 3.63) is 108 Å². The lowest BCUT2D eigenvalue weighted by atomic mass is 10.0. The Morgan fingerprint density at radius 1 is 0.947 bits per heavy atom. The van der Waals surface area contributed by atoms with Crippen molar-refractivity contribution in [2.24, 2.45) is 0 Å². The molecule has 1 fully saturated rings. The number of ether oxygens (including phenoxy) is 1. The number of carbonyl (C=O) groups excluding carboxylic acids is 1. The summed E-state index contributed by atoms with van der Waals surface area (Å²) in [5.74, 6) is 0.718. The first kappa shape index (κ1) is 25.5. The molecule has 1 saturated heterocycles. The minimum Gasteiger partial charge on any atom is -0.497 e. The number of aromatic nitrogens is 2. The molecule has 1 aliphatic heterocycles. The number of benzene rings is 3. The van der Waals surface area contributed by atoms with E-state index < -0.39 is 0 Å². The first-order chi connectivity index (χ1) is 18.7. The van der Waals surface area contributed by atoms with Gasteiger partial charge in [-0.1, -0.05) is 67.1 Å². The van der Waals surface area contributed by atoms with Crippen molar-refractivity contribution in [2.75, 3.05) is 26.7 Å². The summed E-state index contributed by atoms with van der Waals surface area (Å²) in [5, 5.41) is 7.98. The van der Waals surface area contributed by atoms with Crippen LogP contribution in [0.5, 0.6) is 5.75 Å². The fourth-order valence-corrected chi connectivity index (χ4v) is 4.98. The van der Waals surface area contributed by atoms with Crippen LogP contribution in [0.3, 0.4) is 0 Å². The molecule has 0 saturated carbocycles. The highest BCUT2D eigenvalue weighted by molar-refractivity contribution is 5.92. The number of nitrogens with one attached hydrogen (secondary N) is 1. The number of nitrogens with zero attached hydrogens (tertiary/aromatic N) is 3. The highest BCUT2D eigenvalue weighted by Crippen LogP contribution is 2.27. The molecule has 1 atom stereocenters. The summed E-state index contributed by atoms with van der Waals surface area (Å²) >= 11 is 0. The largest absolute Gasteiger partial charge is 0.497 e. The highest BCUT2D eigenvalue weighted by atomic mass is 16.5. The van der Waals surface area contributed by atoms with Crippen LogP contribution in [0.25, 0.3) is 23.0 Å². The Morgan fingerprint density at radius 3 is 2.32 bits per heavy atom. The Hall–Kier alpha value is -4.16. The number of hydrogen-bond donors (Lipinski definition) is 1. The van der Waals surface area contributed by atoms with Crippen LogP contribution in [0.1, 0.15) is 36.4 Å². The summed E-state index contributed by atoms with van der Waals surface area (Å²) in [6.45, 7) is 2.63. The van der Waals surface area contributed by atoms with Crippen LogP contribution in [0.15, 0.2) is 97.2 Å². The maximum Gasteiger partial charge on any atom is 0.244 e. The molecule has 38 heavy (non-hydrogen) atoms. The van der Waals surface area contributed by atoms with E-state index in [0.29, 0.717) is 6.54 Å². The number of likely N-dealkylation sites (tertiary alicyclic amines) is 1. The van der Waals surface area contributed by atoms with Crippen LogP contribution < -0.4 is 10.1 Å². The minimum atomic E-state index is -0.119. The monoisotopic (exact) mass is 506 g/mol. The first-order valence-electron chi connectivity index (χ1n) is 13.3. The molecule has 0 aliphatic carbocycles. The summed E-state index contributed by atoms with van der Waals surface area (Å²) in [5.41, 5.74) is 4.89. The van der Waals surface area contributed by atoms with Crippen LogP contribution >= 0.6 is 0 Å². The number of para-hydroxylation sites is 1. The molecule has 1 aromatic heterocycles. The molecule has 1 amide bonds. The van der Waals surface area contributed by atoms with Crippen LogP contribution in [0.2, 0.25) is 0 Å². The van der Waals surface area contributed by atoms with E-state index in [0.717, 1.165) is 41.3 Å². The van der Waals surface area contributed by atoms with E-state index in [1.165, 1.54) is 24.8 Å². The van der Waals surface area contributed by atoms with Crippen molar-refractivity contribution < 1.29 is 9.53 Å². The quantitative estimate of drug-likeness (QED) is 0.287. The minimum absolute atomic E-state index is 0.119. The SMILES string of the molecule is COc1ccc(C(CNC(=O)/C=C/c2cn(-c3ccccc3)nc2-c2ccccc2)N2CCCCC2)cc1. The standard InChI is InChI=1S/C32H34N4O2/c1-38-29-18-15-25(16-19-29)30(35-21-9-4-10-22-35)23-33-31(37)20-17-27-24-36(28-13-7-3-8-14-28)34-32(27)26-11-5-2-6-12-26/h2-3,5-8,11-20,24,30H,4,9-10,21-23H2,1H3,(H,33,37)/b20-17+. The number of methoxy groups -OCH3 is 1. The molecule has 6 heteroatoms. The zero-order valence-corrected chi connectivity index (χ0v) is 21.8. The molecular weight excluding hydrogens is 472 g/mol. The van der Waals surface area contributed by atoms with Gasteiger partial charge >= 0.3 is 0 Å². The van der Waals surface area contributed by atoms with Crippen molar-refractivity contribution in [2.45, 2.75) is 25.3 Å². The molecule has 2 heterocycles. The van der Waals surface area contributed by atoms with E-state index in [1.807, 2.05) is 89.8 Å². The normalized spacial score (nSPS) is 14.9. The fourth-order valence-electron chi connectivity index (χ4n) is 4.98. The third-order valence-corrected chi connectivity index (χ3v) is 7.03. The maximum atomic E-state index is 13.0. The first-order valence-corrected chi connectivity index (χ1v) is 13.3. The predicted octanol–water partition coefficient (Wildman–Crippen LogP) is 5.90. The Balaban J connectivity index is 1.33. The van der Waals surface area contributed by atoms with Crippen molar-refractivity contribution in [1.29, 1.82) is 0 Å².